The summed E-state index contributed by atoms with van der Waals surface area (Å²) in [6.45, 7) is 4.18. The molecule has 0 aliphatic rings. The molecule has 4 N–H and O–H groups in total. The second kappa shape index (κ2) is 5.52. The molecule has 0 heterocycles. The average Bonchev–Trinajstić information content (AvgIpc) is 2.19. The van der Waals surface area contributed by atoms with E-state index in [4.69, 9.17) is 10.5 Å². The van der Waals surface area contributed by atoms with Crippen LogP contribution in [0, 0.1) is 0 Å². The van der Waals surface area contributed by atoms with Crippen molar-refractivity contribution >= 4 is 27.3 Å². The van der Waals surface area contributed by atoms with E-state index in [9.17, 15) is 5.11 Å². The highest BCUT2D eigenvalue weighted by atomic mass is 79.9. The van der Waals surface area contributed by atoms with E-state index in [2.05, 4.69) is 21.2 Å². The molecule has 1 aromatic carbocycles. The predicted molar refractivity (Wildman–Crippen MR) is 69.3 cm³/mol. The summed E-state index contributed by atoms with van der Waals surface area (Å²) in [6, 6.07) is 5.51. The number of nitrogen functional groups attached to an aromatic ring is 1. The van der Waals surface area contributed by atoms with Crippen molar-refractivity contribution < 1.29 is 9.84 Å². The Morgan fingerprint density at radius 2 is 2.25 bits per heavy atom. The molecular formula is C11H17BrN2O2. The summed E-state index contributed by atoms with van der Waals surface area (Å²) in [4.78, 5) is 0. The van der Waals surface area contributed by atoms with E-state index in [-0.39, 0.29) is 6.54 Å². The zero-order valence-electron chi connectivity index (χ0n) is 9.46. The monoisotopic (exact) mass is 288 g/mol. The molecule has 0 bridgehead atoms. The fraction of sp³-hybridized carbons (Fsp3) is 0.455. The Hall–Kier alpha value is -0.780. The van der Waals surface area contributed by atoms with Gasteiger partial charge >= 0.3 is 0 Å². The number of nitrogens with one attached hydrogen (secondary N) is 1. The molecule has 5 heteroatoms. The number of ether oxygens (including phenoxy) is 1. The van der Waals surface area contributed by atoms with Gasteiger partial charge in [0, 0.05) is 11.1 Å². The molecule has 0 aliphatic heterocycles. The van der Waals surface area contributed by atoms with Crippen molar-refractivity contribution in [1.29, 1.82) is 0 Å². The molecular weight excluding hydrogens is 272 g/mol. The highest BCUT2D eigenvalue weighted by molar-refractivity contribution is 9.10. The van der Waals surface area contributed by atoms with Crippen LogP contribution in [-0.4, -0.2) is 24.0 Å². The minimum absolute atomic E-state index is 0.279. The van der Waals surface area contributed by atoms with E-state index in [1.165, 1.54) is 0 Å². The van der Waals surface area contributed by atoms with Gasteiger partial charge in [0.05, 0.1) is 17.9 Å². The number of anilines is 2. The van der Waals surface area contributed by atoms with E-state index < -0.39 is 5.79 Å². The molecule has 0 unspecified atom stereocenters. The fourth-order valence-corrected chi connectivity index (χ4v) is 1.66. The Morgan fingerprint density at radius 3 is 2.88 bits per heavy atom. The summed E-state index contributed by atoms with van der Waals surface area (Å²) in [5.74, 6) is -1.19. The van der Waals surface area contributed by atoms with Crippen LogP contribution in [0.5, 0.6) is 0 Å². The summed E-state index contributed by atoms with van der Waals surface area (Å²) in [6.07, 6.45) is 0. The van der Waals surface area contributed by atoms with E-state index in [1.807, 2.05) is 19.1 Å². The lowest BCUT2D eigenvalue weighted by molar-refractivity contribution is -0.175. The Morgan fingerprint density at radius 1 is 1.56 bits per heavy atom. The lowest BCUT2D eigenvalue weighted by Gasteiger charge is -2.24. The lowest BCUT2D eigenvalue weighted by Crippen LogP contribution is -2.36. The molecule has 0 spiro atoms. The second-order valence-corrected chi connectivity index (χ2v) is 4.61. The van der Waals surface area contributed by atoms with Crippen molar-refractivity contribution in [2.24, 2.45) is 0 Å². The summed E-state index contributed by atoms with van der Waals surface area (Å²) in [5, 5.41) is 12.8. The van der Waals surface area contributed by atoms with Crippen molar-refractivity contribution in [2.45, 2.75) is 19.6 Å². The Balaban J connectivity index is 2.63. The summed E-state index contributed by atoms with van der Waals surface area (Å²) < 4.78 is 6.09. The minimum atomic E-state index is -1.19. The third-order valence-electron chi connectivity index (χ3n) is 2.08. The highest BCUT2D eigenvalue weighted by Crippen LogP contribution is 2.23. The summed E-state index contributed by atoms with van der Waals surface area (Å²) >= 11 is 3.36. The zero-order valence-corrected chi connectivity index (χ0v) is 11.0. The van der Waals surface area contributed by atoms with E-state index in [1.54, 1.807) is 13.0 Å². The highest BCUT2D eigenvalue weighted by Gasteiger charge is 2.19. The number of nitrogens with two attached hydrogens (primary N) is 1. The van der Waals surface area contributed by atoms with Gasteiger partial charge in [-0.05, 0) is 32.0 Å². The van der Waals surface area contributed by atoms with Crippen LogP contribution in [0.15, 0.2) is 22.7 Å². The van der Waals surface area contributed by atoms with Gasteiger partial charge in [-0.15, -0.1) is 0 Å². The van der Waals surface area contributed by atoms with Gasteiger partial charge in [0.2, 0.25) is 0 Å². The van der Waals surface area contributed by atoms with Gasteiger partial charge in [0.15, 0.2) is 5.79 Å². The normalized spacial score (nSPS) is 14.5. The van der Waals surface area contributed by atoms with E-state index in [0.29, 0.717) is 12.3 Å². The number of hydrogen-bond acceptors (Lipinski definition) is 4. The van der Waals surface area contributed by atoms with Crippen molar-refractivity contribution in [3.63, 3.8) is 0 Å². The van der Waals surface area contributed by atoms with Crippen molar-refractivity contribution in [3.8, 4) is 0 Å². The van der Waals surface area contributed by atoms with Gasteiger partial charge < -0.3 is 20.9 Å². The average molecular weight is 289 g/mol. The molecule has 1 aromatic rings. The van der Waals surface area contributed by atoms with Crippen LogP contribution in [0.4, 0.5) is 11.4 Å². The number of benzene rings is 1. The minimum Gasteiger partial charge on any atom is -0.397 e. The topological polar surface area (TPSA) is 67.5 Å². The van der Waals surface area contributed by atoms with Crippen LogP contribution >= 0.6 is 15.9 Å². The molecule has 4 nitrogen and oxygen atoms in total. The molecule has 0 amide bonds. The van der Waals surface area contributed by atoms with Crippen LogP contribution in [-0.2, 0) is 4.74 Å². The predicted octanol–water partition coefficient (Wildman–Crippen LogP) is 2.19. The molecule has 1 rings (SSSR count). The molecule has 0 aliphatic carbocycles. The molecule has 0 aromatic heterocycles. The number of hydrogen-bond donors (Lipinski definition) is 3. The van der Waals surface area contributed by atoms with Crippen LogP contribution in [0.3, 0.4) is 0 Å². The molecule has 1 atom stereocenters. The van der Waals surface area contributed by atoms with Crippen LogP contribution in [0.25, 0.3) is 0 Å². The summed E-state index contributed by atoms with van der Waals surface area (Å²) in [7, 11) is 0. The first-order chi connectivity index (χ1) is 7.44. The second-order valence-electron chi connectivity index (χ2n) is 3.69. The fourth-order valence-electron chi connectivity index (χ4n) is 1.30. The van der Waals surface area contributed by atoms with Crippen LogP contribution in [0.2, 0.25) is 0 Å². The third kappa shape index (κ3) is 4.00. The number of halogens is 1. The summed E-state index contributed by atoms with van der Waals surface area (Å²) in [5.41, 5.74) is 7.19. The number of rotatable bonds is 5. The molecule has 0 fully saturated rings. The van der Waals surface area contributed by atoms with Crippen LogP contribution in [0.1, 0.15) is 13.8 Å². The Kier molecular flexibility index (Phi) is 4.58. The van der Waals surface area contributed by atoms with Crippen LogP contribution < -0.4 is 11.1 Å². The van der Waals surface area contributed by atoms with Gasteiger partial charge in [-0.1, -0.05) is 15.9 Å². The van der Waals surface area contributed by atoms with Gasteiger partial charge in [-0.2, -0.15) is 0 Å². The van der Waals surface area contributed by atoms with Gasteiger partial charge in [-0.3, -0.25) is 0 Å². The third-order valence-corrected chi connectivity index (χ3v) is 2.57. The van der Waals surface area contributed by atoms with Crippen molar-refractivity contribution in [3.05, 3.63) is 22.7 Å². The molecule has 90 valence electrons. The first kappa shape index (κ1) is 13.3. The molecule has 16 heavy (non-hydrogen) atoms. The van der Waals surface area contributed by atoms with Crippen molar-refractivity contribution in [2.75, 3.05) is 24.2 Å². The van der Waals surface area contributed by atoms with E-state index >= 15 is 0 Å². The Labute approximate surface area is 104 Å². The number of aliphatic hydroxyl groups is 1. The smallest absolute Gasteiger partial charge is 0.180 e. The first-order valence-corrected chi connectivity index (χ1v) is 5.89. The SMILES string of the molecule is CCO[C@@](C)(O)CNc1cc(Br)ccc1N. The lowest BCUT2D eigenvalue weighted by atomic mass is 10.2. The Bertz CT molecular complexity index is 356. The van der Waals surface area contributed by atoms with Gasteiger partial charge in [0.25, 0.3) is 0 Å². The van der Waals surface area contributed by atoms with Crippen molar-refractivity contribution in [1.82, 2.24) is 0 Å². The first-order valence-electron chi connectivity index (χ1n) is 5.10. The van der Waals surface area contributed by atoms with Gasteiger partial charge in [-0.25, -0.2) is 0 Å². The molecule has 0 radical (unpaired) electrons. The van der Waals surface area contributed by atoms with Gasteiger partial charge in [0.1, 0.15) is 0 Å². The maximum absolute atomic E-state index is 9.80. The largest absolute Gasteiger partial charge is 0.397 e. The quantitative estimate of drug-likeness (QED) is 0.574. The van der Waals surface area contributed by atoms with E-state index in [0.717, 1.165) is 10.2 Å². The molecule has 0 saturated heterocycles. The molecule has 0 saturated carbocycles. The maximum Gasteiger partial charge on any atom is 0.180 e. The zero-order chi connectivity index (χ0) is 12.2. The maximum atomic E-state index is 9.80. The standard InChI is InChI=1S/C11H17BrN2O2/c1-3-16-11(2,15)7-14-10-6-8(12)4-5-9(10)13/h4-6,14-15H,3,7,13H2,1-2H3/t11-/m1/s1.